The van der Waals surface area contributed by atoms with Crippen LogP contribution in [0.1, 0.15) is 62.8 Å². The van der Waals surface area contributed by atoms with Gasteiger partial charge < -0.3 is 16.0 Å². The van der Waals surface area contributed by atoms with Gasteiger partial charge in [-0.25, -0.2) is 15.0 Å². The van der Waals surface area contributed by atoms with E-state index in [2.05, 4.69) is 30.9 Å². The van der Waals surface area contributed by atoms with Crippen LogP contribution in [0.15, 0.2) is 164 Å². The molecule has 9 nitrogen and oxygen atoms in total. The van der Waals surface area contributed by atoms with Crippen LogP contribution in [0.3, 0.4) is 0 Å². The Bertz CT molecular complexity index is 2720. The minimum absolute atomic E-state index is 0.0345. The quantitative estimate of drug-likeness (QED) is 0.103. The fraction of sp³-hybridized carbons (Fsp3) is 0.0588. The van der Waals surface area contributed by atoms with E-state index in [1.165, 1.54) is 34.0 Å². The Morgan fingerprint density at radius 1 is 0.364 bits per heavy atom. The molecule has 0 saturated heterocycles. The fourth-order valence-electron chi connectivity index (χ4n) is 6.11. The van der Waals surface area contributed by atoms with Crippen molar-refractivity contribution in [3.63, 3.8) is 0 Å². The number of thiazole rings is 3. The number of benzene rings is 6. The van der Waals surface area contributed by atoms with Gasteiger partial charge in [0.2, 0.25) is 17.3 Å². The predicted octanol–water partition coefficient (Wildman–Crippen LogP) is 15.2. The van der Waals surface area contributed by atoms with E-state index in [1.807, 2.05) is 112 Å². The Kier molecular flexibility index (Phi) is 16.2. The molecule has 3 aromatic heterocycles. The average molecular weight is 986 g/mol. The summed E-state index contributed by atoms with van der Waals surface area (Å²) in [6.45, 7) is 5.53. The molecule has 0 bridgehead atoms. The van der Waals surface area contributed by atoms with Crippen molar-refractivity contribution in [2.75, 3.05) is 16.0 Å². The van der Waals surface area contributed by atoms with Crippen molar-refractivity contribution in [2.45, 2.75) is 20.8 Å². The molecule has 330 valence electrons. The molecule has 3 N–H and O–H groups in total. The third-order valence-electron chi connectivity index (χ3n) is 9.40. The van der Waals surface area contributed by atoms with Gasteiger partial charge in [0.25, 0.3) is 0 Å². The number of halogens is 3. The first-order chi connectivity index (χ1) is 31.9. The van der Waals surface area contributed by atoms with Crippen molar-refractivity contribution in [1.82, 2.24) is 15.0 Å². The van der Waals surface area contributed by atoms with E-state index in [4.69, 9.17) is 34.8 Å². The van der Waals surface area contributed by atoms with Crippen molar-refractivity contribution < 1.29 is 14.4 Å². The van der Waals surface area contributed by atoms with Crippen LogP contribution < -0.4 is 16.0 Å². The molecule has 3 heterocycles. The van der Waals surface area contributed by atoms with Crippen LogP contribution in [0.25, 0.3) is 0 Å². The number of nitrogens with zero attached hydrogens (tertiary/aromatic N) is 3. The number of hydrogen-bond donors (Lipinski definition) is 3. The van der Waals surface area contributed by atoms with Gasteiger partial charge in [-0.15, -0.1) is 0 Å². The molecule has 9 aromatic rings. The van der Waals surface area contributed by atoms with E-state index in [1.54, 1.807) is 72.8 Å². The van der Waals surface area contributed by atoms with Gasteiger partial charge in [0.15, 0.2) is 15.4 Å². The van der Waals surface area contributed by atoms with Gasteiger partial charge in [-0.1, -0.05) is 123 Å². The summed E-state index contributed by atoms with van der Waals surface area (Å²) in [6.07, 6.45) is 0. The zero-order valence-electron chi connectivity index (χ0n) is 35.5. The molecule has 6 aromatic carbocycles. The summed E-state index contributed by atoms with van der Waals surface area (Å²) in [5.74, 6) is -0.103. The normalized spacial score (nSPS) is 10.5. The molecule has 66 heavy (non-hydrogen) atoms. The van der Waals surface area contributed by atoms with Crippen LogP contribution in [0, 0.1) is 20.8 Å². The lowest BCUT2D eigenvalue weighted by Gasteiger charge is -2.00. The first-order valence-electron chi connectivity index (χ1n) is 20.2. The third kappa shape index (κ3) is 12.8. The summed E-state index contributed by atoms with van der Waals surface area (Å²) < 4.78 is 0. The molecule has 15 heteroatoms. The van der Waals surface area contributed by atoms with Crippen LogP contribution in [-0.4, -0.2) is 32.3 Å². The number of ketones is 3. The SMILES string of the molecule is Cc1nc(Nc2ccccc2)sc1C(=O)c1ccc(Cl)cc1.Cc1nc(Nc2ccccc2)sc1C(=O)c1ccc(Cl)cc1.Cc1nc(Nc2ccccc2)sc1C(=O)c1ccc(Cl)cc1. The van der Waals surface area contributed by atoms with Gasteiger partial charge in [-0.2, -0.15) is 0 Å². The van der Waals surface area contributed by atoms with Gasteiger partial charge in [-0.05, 0) is 130 Å². The summed E-state index contributed by atoms with van der Waals surface area (Å²) >= 11 is 21.6. The second-order valence-corrected chi connectivity index (χ2v) is 18.6. The molecule has 0 atom stereocenters. The van der Waals surface area contributed by atoms with Gasteiger partial charge in [0, 0.05) is 48.8 Å². The second-order valence-electron chi connectivity index (χ2n) is 14.3. The van der Waals surface area contributed by atoms with Crippen molar-refractivity contribution in [3.8, 4) is 0 Å². The Labute approximate surface area is 409 Å². The second kappa shape index (κ2) is 22.6. The molecule has 0 aliphatic rings. The highest BCUT2D eigenvalue weighted by Gasteiger charge is 2.20. The molecule has 0 spiro atoms. The molecular weight excluding hydrogens is 947 g/mol. The number of aryl methyl sites for hydroxylation is 3. The summed E-state index contributed by atoms with van der Waals surface area (Å²) in [5.41, 5.74) is 6.85. The highest BCUT2D eigenvalue weighted by Crippen LogP contribution is 2.31. The number of hydrogen-bond acceptors (Lipinski definition) is 12. The number of nitrogens with one attached hydrogen (secondary N) is 3. The lowest BCUT2D eigenvalue weighted by molar-refractivity contribution is 0.103. The largest absolute Gasteiger partial charge is 0.332 e. The number of aromatic nitrogens is 3. The first kappa shape index (κ1) is 47.5. The molecule has 0 unspecified atom stereocenters. The summed E-state index contributed by atoms with van der Waals surface area (Å²) in [4.78, 5) is 52.8. The lowest BCUT2D eigenvalue weighted by Crippen LogP contribution is -2.00. The molecular formula is C51H39Cl3N6O3S3. The van der Waals surface area contributed by atoms with E-state index >= 15 is 0 Å². The van der Waals surface area contributed by atoms with Crippen molar-refractivity contribution in [3.05, 3.63) is 227 Å². The Hall–Kier alpha value is -6.51. The van der Waals surface area contributed by atoms with Crippen molar-refractivity contribution in [1.29, 1.82) is 0 Å². The van der Waals surface area contributed by atoms with E-state index in [0.29, 0.717) is 61.8 Å². The number of carbonyl (C=O) groups excluding carboxylic acids is 3. The van der Waals surface area contributed by atoms with Gasteiger partial charge in [0.1, 0.15) is 0 Å². The zero-order chi connectivity index (χ0) is 46.6. The number of rotatable bonds is 12. The minimum Gasteiger partial charge on any atom is -0.332 e. The molecule has 0 radical (unpaired) electrons. The Morgan fingerprint density at radius 3 is 0.818 bits per heavy atom. The van der Waals surface area contributed by atoms with Crippen LogP contribution >= 0.6 is 68.8 Å². The molecule has 0 amide bonds. The topological polar surface area (TPSA) is 126 Å². The van der Waals surface area contributed by atoms with E-state index in [0.717, 1.165) is 34.1 Å². The van der Waals surface area contributed by atoms with Gasteiger partial charge in [0.05, 0.1) is 31.7 Å². The van der Waals surface area contributed by atoms with Gasteiger partial charge in [-0.3, -0.25) is 14.4 Å². The third-order valence-corrected chi connectivity index (χ3v) is 13.4. The maximum Gasteiger partial charge on any atom is 0.204 e. The zero-order valence-corrected chi connectivity index (χ0v) is 40.2. The van der Waals surface area contributed by atoms with Crippen molar-refractivity contribution >= 4 is 119 Å². The summed E-state index contributed by atoms with van der Waals surface area (Å²) in [5, 5.41) is 13.6. The van der Waals surface area contributed by atoms with Crippen LogP contribution in [-0.2, 0) is 0 Å². The molecule has 0 aliphatic heterocycles. The maximum atomic E-state index is 12.5. The van der Waals surface area contributed by atoms with Gasteiger partial charge >= 0.3 is 0 Å². The first-order valence-corrected chi connectivity index (χ1v) is 23.8. The predicted molar refractivity (Wildman–Crippen MR) is 274 cm³/mol. The maximum absolute atomic E-state index is 12.5. The van der Waals surface area contributed by atoms with Crippen LogP contribution in [0.5, 0.6) is 0 Å². The Morgan fingerprint density at radius 2 is 0.591 bits per heavy atom. The molecule has 0 fully saturated rings. The van der Waals surface area contributed by atoms with E-state index in [9.17, 15) is 14.4 Å². The van der Waals surface area contributed by atoms with E-state index < -0.39 is 0 Å². The van der Waals surface area contributed by atoms with Crippen LogP contribution in [0.2, 0.25) is 15.1 Å². The molecule has 9 rings (SSSR count). The number of carbonyl (C=O) groups is 3. The number of anilines is 6. The standard InChI is InChI=1S/3C17H13ClN2OS/c3*1-11-16(15(21)12-7-9-13(18)10-8-12)22-17(19-11)20-14-5-3-2-4-6-14/h3*2-10H,1H3,(H,19,20). The lowest BCUT2D eigenvalue weighted by atomic mass is 10.1. The minimum atomic E-state index is -0.0345. The average Bonchev–Trinajstić information content (AvgIpc) is 4.01. The monoisotopic (exact) mass is 984 g/mol. The molecule has 0 saturated carbocycles. The highest BCUT2D eigenvalue weighted by atomic mass is 35.5. The highest BCUT2D eigenvalue weighted by molar-refractivity contribution is 7.18. The fourth-order valence-corrected chi connectivity index (χ4v) is 9.34. The Balaban J connectivity index is 0.000000147. The smallest absolute Gasteiger partial charge is 0.204 e. The molecule has 0 aliphatic carbocycles. The number of para-hydroxylation sites is 3. The summed E-state index contributed by atoms with van der Waals surface area (Å²) in [6, 6.07) is 50.0. The van der Waals surface area contributed by atoms with Crippen molar-refractivity contribution in [2.24, 2.45) is 0 Å². The van der Waals surface area contributed by atoms with E-state index in [-0.39, 0.29) is 17.3 Å². The van der Waals surface area contributed by atoms with Crippen LogP contribution in [0.4, 0.5) is 32.5 Å². The summed E-state index contributed by atoms with van der Waals surface area (Å²) in [7, 11) is 0.